The Morgan fingerprint density at radius 3 is 1.22 bits per heavy atom. The molecule has 0 spiro atoms. The van der Waals surface area contributed by atoms with Gasteiger partial charge in [-0.15, -0.1) is 0 Å². The van der Waals surface area contributed by atoms with Gasteiger partial charge in [0.15, 0.2) is 0 Å². The van der Waals surface area contributed by atoms with E-state index in [-0.39, 0.29) is 17.7 Å². The SMILES string of the molecule is Cc1ccc(C2=Nc3c(c(C(F)(F)F)c4c(c3C(F)(F)F)N=C(c3ccc(C(F)(F)F)cc3C(F)(F)F)C4=C(C#N)C#N)C2=C(C#N)C#N)c(C(F)(F)F)c1. The first kappa shape index (κ1) is 39.6. The van der Waals surface area contributed by atoms with E-state index in [1.165, 1.54) is 0 Å². The first-order chi connectivity index (χ1) is 25.2. The summed E-state index contributed by atoms with van der Waals surface area (Å²) >= 11 is 0. The van der Waals surface area contributed by atoms with Crippen molar-refractivity contribution in [3.63, 3.8) is 0 Å². The van der Waals surface area contributed by atoms with Crippen molar-refractivity contribution >= 4 is 33.9 Å². The maximum absolute atomic E-state index is 15.4. The lowest BCUT2D eigenvalue weighted by Crippen LogP contribution is -2.19. The van der Waals surface area contributed by atoms with E-state index in [0.29, 0.717) is 12.1 Å². The van der Waals surface area contributed by atoms with Crippen molar-refractivity contribution in [2.45, 2.75) is 37.8 Å². The number of halogens is 15. The predicted octanol–water partition coefficient (Wildman–Crippen LogP) is 11.0. The molecule has 0 N–H and O–H groups in total. The zero-order chi connectivity index (χ0) is 41.4. The van der Waals surface area contributed by atoms with Crippen LogP contribution in [0.15, 0.2) is 57.5 Å². The molecule has 2 aliphatic heterocycles. The fourth-order valence-electron chi connectivity index (χ4n) is 5.97. The zero-order valence-electron chi connectivity index (χ0n) is 26.3. The van der Waals surface area contributed by atoms with Crippen molar-refractivity contribution in [3.8, 4) is 24.3 Å². The number of benzene rings is 3. The summed E-state index contributed by atoms with van der Waals surface area (Å²) in [5, 5.41) is 38.9. The lowest BCUT2D eigenvalue weighted by Gasteiger charge is -2.22. The van der Waals surface area contributed by atoms with Gasteiger partial charge in [0.05, 0.1) is 45.1 Å². The van der Waals surface area contributed by atoms with E-state index in [1.807, 2.05) is 0 Å². The summed E-state index contributed by atoms with van der Waals surface area (Å²) in [6.07, 6.45) is -28.8. The monoisotopic (exact) mass is 786 g/mol. The normalized spacial score (nSPS) is 14.3. The van der Waals surface area contributed by atoms with Crippen molar-refractivity contribution in [1.29, 1.82) is 21.0 Å². The number of nitriles is 4. The zero-order valence-corrected chi connectivity index (χ0v) is 26.3. The molecule has 0 amide bonds. The number of aliphatic imine (C=N–C) groups is 2. The third kappa shape index (κ3) is 6.63. The number of alkyl halides is 15. The maximum atomic E-state index is 15.4. The summed E-state index contributed by atoms with van der Waals surface area (Å²) < 4.78 is 218. The van der Waals surface area contributed by atoms with Crippen molar-refractivity contribution in [2.24, 2.45) is 9.98 Å². The molecule has 0 aromatic heterocycles. The predicted molar refractivity (Wildman–Crippen MR) is 158 cm³/mol. The first-order valence-corrected chi connectivity index (χ1v) is 14.3. The summed E-state index contributed by atoms with van der Waals surface area (Å²) in [7, 11) is 0. The Balaban J connectivity index is 2.11. The fraction of sp³-hybridized carbons (Fsp3) is 0.176. The Bertz CT molecular complexity index is 2480. The molecule has 6 nitrogen and oxygen atoms in total. The molecule has 2 aliphatic rings. The van der Waals surface area contributed by atoms with Crippen LogP contribution in [0.4, 0.5) is 77.2 Å². The van der Waals surface area contributed by atoms with Crippen molar-refractivity contribution in [3.05, 3.63) is 103 Å². The molecular formula is C34H9F15N6. The summed E-state index contributed by atoms with van der Waals surface area (Å²) in [6.45, 7) is 1.14. The van der Waals surface area contributed by atoms with Gasteiger partial charge in [0.2, 0.25) is 0 Å². The van der Waals surface area contributed by atoms with E-state index in [4.69, 9.17) is 0 Å². The van der Waals surface area contributed by atoms with Gasteiger partial charge in [0.25, 0.3) is 0 Å². The number of fused-ring (bicyclic) bond motifs is 2. The number of nitrogens with zero attached hydrogens (tertiary/aromatic N) is 6. The van der Waals surface area contributed by atoms with Crippen LogP contribution < -0.4 is 0 Å². The van der Waals surface area contributed by atoms with Gasteiger partial charge in [-0.2, -0.15) is 86.9 Å². The van der Waals surface area contributed by atoms with E-state index in [9.17, 15) is 60.6 Å². The minimum atomic E-state index is -6.08. The second-order valence-electron chi connectivity index (χ2n) is 11.4. The minimum absolute atomic E-state index is 0.0158. The molecule has 280 valence electrons. The van der Waals surface area contributed by atoms with Gasteiger partial charge in [0.1, 0.15) is 41.0 Å². The molecular weight excluding hydrogens is 777 g/mol. The van der Waals surface area contributed by atoms with Crippen LogP contribution in [0.5, 0.6) is 0 Å². The molecule has 0 saturated carbocycles. The number of hydrogen-bond acceptors (Lipinski definition) is 6. The summed E-state index contributed by atoms with van der Waals surface area (Å²) in [5.41, 5.74) is -31.1. The van der Waals surface area contributed by atoms with E-state index in [0.717, 1.165) is 37.3 Å². The van der Waals surface area contributed by atoms with Crippen molar-refractivity contribution in [1.82, 2.24) is 0 Å². The molecule has 3 aromatic rings. The van der Waals surface area contributed by atoms with Gasteiger partial charge in [-0.1, -0.05) is 23.8 Å². The molecule has 0 bridgehead atoms. The van der Waals surface area contributed by atoms with Crippen LogP contribution in [0, 0.1) is 52.2 Å². The smallest absolute Gasteiger partial charge is 0.246 e. The average Bonchev–Trinajstić information content (AvgIpc) is 3.61. The van der Waals surface area contributed by atoms with Gasteiger partial charge in [0, 0.05) is 33.4 Å². The number of hydrogen-bond donors (Lipinski definition) is 0. The Hall–Kier alpha value is -6.61. The number of allylic oxidation sites excluding steroid dienone is 4. The van der Waals surface area contributed by atoms with Crippen LogP contribution in [0.1, 0.15) is 55.6 Å². The highest BCUT2D eigenvalue weighted by molar-refractivity contribution is 6.41. The molecule has 55 heavy (non-hydrogen) atoms. The second-order valence-corrected chi connectivity index (χ2v) is 11.4. The first-order valence-electron chi connectivity index (χ1n) is 14.3. The van der Waals surface area contributed by atoms with Gasteiger partial charge in [-0.05, 0) is 25.1 Å². The fourth-order valence-corrected chi connectivity index (χ4v) is 5.97. The lowest BCUT2D eigenvalue weighted by molar-refractivity contribution is -0.143. The molecule has 3 aromatic carbocycles. The topological polar surface area (TPSA) is 120 Å². The molecule has 2 heterocycles. The van der Waals surface area contributed by atoms with Crippen molar-refractivity contribution < 1.29 is 65.9 Å². The number of aryl methyl sites for hydroxylation is 1. The molecule has 0 saturated heterocycles. The minimum Gasteiger partial charge on any atom is -0.246 e. The Morgan fingerprint density at radius 2 is 0.873 bits per heavy atom. The highest BCUT2D eigenvalue weighted by Crippen LogP contribution is 2.61. The molecule has 0 aliphatic carbocycles. The average molecular weight is 786 g/mol. The lowest BCUT2D eigenvalue weighted by atomic mass is 9.81. The summed E-state index contributed by atoms with van der Waals surface area (Å²) in [6, 6.07) is 5.54. The van der Waals surface area contributed by atoms with Gasteiger partial charge < -0.3 is 0 Å². The van der Waals surface area contributed by atoms with Gasteiger partial charge in [-0.3, -0.25) is 0 Å². The van der Waals surface area contributed by atoms with Crippen LogP contribution in [0.3, 0.4) is 0 Å². The largest absolute Gasteiger partial charge is 0.420 e. The Labute approximate surface area is 296 Å². The molecule has 0 atom stereocenters. The highest BCUT2D eigenvalue weighted by atomic mass is 19.4. The van der Waals surface area contributed by atoms with Crippen LogP contribution in [-0.2, 0) is 30.9 Å². The van der Waals surface area contributed by atoms with E-state index < -0.39 is 132 Å². The third-order valence-corrected chi connectivity index (χ3v) is 8.03. The van der Waals surface area contributed by atoms with Crippen molar-refractivity contribution in [2.75, 3.05) is 0 Å². The summed E-state index contributed by atoms with van der Waals surface area (Å²) in [5.74, 6) is 0. The summed E-state index contributed by atoms with van der Waals surface area (Å²) in [4.78, 5) is 6.80. The van der Waals surface area contributed by atoms with Crippen LogP contribution in [0.2, 0.25) is 0 Å². The standard InChI is InChI=1S/C34H9F15N6/c1-12-2-4-16(18(6-12)31(38,39)40)26-20(13(8-50)9-51)22-24(33(44,45)46)23-21(14(10-52)11-53)27(55-29(23)25(28(22)54-26)34(47,48)49)17-5-3-15(30(35,36)37)7-19(17)32(41,42)43/h2-7H,1H3. The second kappa shape index (κ2) is 12.8. The quantitative estimate of drug-likeness (QED) is 0.190. The maximum Gasteiger partial charge on any atom is 0.420 e. The van der Waals surface area contributed by atoms with E-state index in [1.54, 1.807) is 0 Å². The molecule has 21 heteroatoms. The Kier molecular flexibility index (Phi) is 9.19. The van der Waals surface area contributed by atoms with Gasteiger partial charge >= 0.3 is 30.9 Å². The van der Waals surface area contributed by atoms with Crippen LogP contribution >= 0.6 is 0 Å². The van der Waals surface area contributed by atoms with E-state index >= 15 is 26.3 Å². The number of rotatable bonds is 2. The van der Waals surface area contributed by atoms with E-state index in [2.05, 4.69) is 9.98 Å². The molecule has 0 fully saturated rings. The third-order valence-electron chi connectivity index (χ3n) is 8.03. The molecule has 0 unspecified atom stereocenters. The van der Waals surface area contributed by atoms with Gasteiger partial charge in [-0.25, -0.2) is 9.98 Å². The molecule has 0 radical (unpaired) electrons. The van der Waals surface area contributed by atoms with Crippen LogP contribution in [-0.4, -0.2) is 11.4 Å². The Morgan fingerprint density at radius 1 is 0.491 bits per heavy atom. The van der Waals surface area contributed by atoms with Crippen LogP contribution in [0.25, 0.3) is 11.1 Å². The molecule has 5 rings (SSSR count). The highest BCUT2D eigenvalue weighted by Gasteiger charge is 2.53.